The molecular formula is C15H27N3O2. The van der Waals surface area contributed by atoms with Crippen molar-refractivity contribution in [2.75, 3.05) is 39.9 Å². The summed E-state index contributed by atoms with van der Waals surface area (Å²) in [6, 6.07) is 1.78. The molecule has 3 heterocycles. The number of carbonyl (C=O) groups is 1. The van der Waals surface area contributed by atoms with Gasteiger partial charge >= 0.3 is 0 Å². The standard InChI is InChI=1S/C15H27N3O2/c1-11(2)18-13(12-4-5-16(12)3)10-14(18)15(19)17-6-8-20-9-7-17/h11-14H,4-10H2,1-3H3/t12?,13?,14-/m0/s1. The predicted octanol–water partition coefficient (Wildman–Crippen LogP) is 0.401. The van der Waals surface area contributed by atoms with Crippen molar-refractivity contribution in [3.8, 4) is 0 Å². The first-order valence-corrected chi connectivity index (χ1v) is 7.94. The van der Waals surface area contributed by atoms with E-state index in [0.717, 1.165) is 19.5 Å². The molecule has 3 fully saturated rings. The van der Waals surface area contributed by atoms with Gasteiger partial charge in [0, 0.05) is 31.2 Å². The van der Waals surface area contributed by atoms with Gasteiger partial charge in [0.05, 0.1) is 19.3 Å². The predicted molar refractivity (Wildman–Crippen MR) is 77.6 cm³/mol. The van der Waals surface area contributed by atoms with Gasteiger partial charge < -0.3 is 14.5 Å². The van der Waals surface area contributed by atoms with Crippen LogP contribution in [0.15, 0.2) is 0 Å². The van der Waals surface area contributed by atoms with Crippen LogP contribution >= 0.6 is 0 Å². The summed E-state index contributed by atoms with van der Waals surface area (Å²) < 4.78 is 5.34. The highest BCUT2D eigenvalue weighted by molar-refractivity contribution is 5.83. The Hall–Kier alpha value is -0.650. The Morgan fingerprint density at radius 3 is 2.35 bits per heavy atom. The molecule has 0 bridgehead atoms. The maximum absolute atomic E-state index is 12.7. The summed E-state index contributed by atoms with van der Waals surface area (Å²) in [5.74, 6) is 0.320. The molecule has 1 amide bonds. The SMILES string of the molecule is CC(C)N1C(C2CCN2C)C[C@H]1C(=O)N1CCOCC1. The lowest BCUT2D eigenvalue weighted by molar-refractivity contribution is -0.158. The number of carbonyl (C=O) groups excluding carboxylic acids is 1. The Morgan fingerprint density at radius 2 is 1.85 bits per heavy atom. The molecule has 0 radical (unpaired) electrons. The third kappa shape index (κ3) is 2.36. The third-order valence-electron chi connectivity index (χ3n) is 5.20. The van der Waals surface area contributed by atoms with E-state index in [9.17, 15) is 4.79 Å². The topological polar surface area (TPSA) is 36.0 Å². The molecule has 0 spiro atoms. The van der Waals surface area contributed by atoms with Gasteiger partial charge in [0.1, 0.15) is 0 Å². The fraction of sp³-hybridized carbons (Fsp3) is 0.933. The summed E-state index contributed by atoms with van der Waals surface area (Å²) in [5.41, 5.74) is 0. The van der Waals surface area contributed by atoms with Crippen LogP contribution in [-0.4, -0.2) is 84.7 Å². The minimum absolute atomic E-state index is 0.104. The first kappa shape index (κ1) is 14.3. The lowest BCUT2D eigenvalue weighted by Crippen LogP contribution is -2.72. The van der Waals surface area contributed by atoms with Crippen molar-refractivity contribution >= 4 is 5.91 Å². The zero-order chi connectivity index (χ0) is 14.3. The lowest BCUT2D eigenvalue weighted by atomic mass is 9.80. The second-order valence-corrected chi connectivity index (χ2v) is 6.63. The fourth-order valence-electron chi connectivity index (χ4n) is 3.91. The van der Waals surface area contributed by atoms with E-state index < -0.39 is 0 Å². The average molecular weight is 281 g/mol. The van der Waals surface area contributed by atoms with E-state index in [1.165, 1.54) is 13.0 Å². The van der Waals surface area contributed by atoms with Gasteiger partial charge in [-0.05, 0) is 40.3 Å². The largest absolute Gasteiger partial charge is 0.378 e. The molecule has 5 nitrogen and oxygen atoms in total. The summed E-state index contributed by atoms with van der Waals surface area (Å²) in [4.78, 5) is 19.5. The molecule has 0 aromatic rings. The van der Waals surface area contributed by atoms with Gasteiger partial charge in [0.25, 0.3) is 0 Å². The van der Waals surface area contributed by atoms with Crippen LogP contribution in [0.2, 0.25) is 0 Å². The molecule has 3 aliphatic rings. The van der Waals surface area contributed by atoms with Crippen LogP contribution in [0, 0.1) is 0 Å². The molecule has 20 heavy (non-hydrogen) atoms. The van der Waals surface area contributed by atoms with Crippen LogP contribution in [-0.2, 0) is 9.53 Å². The fourth-order valence-corrected chi connectivity index (χ4v) is 3.91. The van der Waals surface area contributed by atoms with Crippen LogP contribution in [0.1, 0.15) is 26.7 Å². The molecule has 2 unspecified atom stereocenters. The van der Waals surface area contributed by atoms with Gasteiger partial charge in [0.15, 0.2) is 0 Å². The van der Waals surface area contributed by atoms with Crippen LogP contribution in [0.4, 0.5) is 0 Å². The highest BCUT2D eigenvalue weighted by atomic mass is 16.5. The molecule has 0 N–H and O–H groups in total. The molecule has 3 aliphatic heterocycles. The molecule has 3 rings (SSSR count). The van der Waals surface area contributed by atoms with Crippen molar-refractivity contribution < 1.29 is 9.53 Å². The molecule has 114 valence electrons. The third-order valence-corrected chi connectivity index (χ3v) is 5.20. The van der Waals surface area contributed by atoms with Gasteiger partial charge in [0.2, 0.25) is 5.91 Å². The van der Waals surface area contributed by atoms with E-state index in [2.05, 4.69) is 30.7 Å². The molecule has 0 aromatic carbocycles. The Labute approximate surface area is 121 Å². The van der Waals surface area contributed by atoms with Gasteiger partial charge in [-0.1, -0.05) is 0 Å². The minimum Gasteiger partial charge on any atom is -0.378 e. The number of amides is 1. The van der Waals surface area contributed by atoms with Gasteiger partial charge in [-0.2, -0.15) is 0 Å². The van der Waals surface area contributed by atoms with Crippen LogP contribution in [0.3, 0.4) is 0 Å². The smallest absolute Gasteiger partial charge is 0.240 e. The summed E-state index contributed by atoms with van der Waals surface area (Å²) >= 11 is 0. The molecule has 0 saturated carbocycles. The summed E-state index contributed by atoms with van der Waals surface area (Å²) in [7, 11) is 2.20. The van der Waals surface area contributed by atoms with E-state index in [1.807, 2.05) is 4.90 Å². The Balaban J connectivity index is 1.63. The van der Waals surface area contributed by atoms with Crippen LogP contribution < -0.4 is 0 Å². The molecule has 0 aliphatic carbocycles. The second-order valence-electron chi connectivity index (χ2n) is 6.63. The number of rotatable bonds is 3. The van der Waals surface area contributed by atoms with Crippen molar-refractivity contribution in [1.82, 2.24) is 14.7 Å². The number of likely N-dealkylation sites (tertiary alicyclic amines) is 2. The minimum atomic E-state index is 0.104. The number of hydrogen-bond donors (Lipinski definition) is 0. The van der Waals surface area contributed by atoms with E-state index >= 15 is 0 Å². The van der Waals surface area contributed by atoms with Gasteiger partial charge in [-0.3, -0.25) is 9.69 Å². The molecular weight excluding hydrogens is 254 g/mol. The average Bonchev–Trinajstić information content (AvgIpc) is 2.40. The summed E-state index contributed by atoms with van der Waals surface area (Å²) in [6.07, 6.45) is 2.31. The second kappa shape index (κ2) is 5.62. The number of nitrogens with zero attached hydrogens (tertiary/aromatic N) is 3. The maximum Gasteiger partial charge on any atom is 0.240 e. The van der Waals surface area contributed by atoms with E-state index in [0.29, 0.717) is 37.2 Å². The van der Waals surface area contributed by atoms with Crippen molar-refractivity contribution in [2.24, 2.45) is 0 Å². The first-order valence-electron chi connectivity index (χ1n) is 7.94. The van der Waals surface area contributed by atoms with Crippen molar-refractivity contribution in [1.29, 1.82) is 0 Å². The van der Waals surface area contributed by atoms with Gasteiger partial charge in [-0.25, -0.2) is 0 Å². The molecule has 0 aromatic heterocycles. The molecule has 3 saturated heterocycles. The van der Waals surface area contributed by atoms with Crippen LogP contribution in [0.5, 0.6) is 0 Å². The van der Waals surface area contributed by atoms with Crippen molar-refractivity contribution in [3.63, 3.8) is 0 Å². The number of likely N-dealkylation sites (N-methyl/N-ethyl adjacent to an activating group) is 1. The number of hydrogen-bond acceptors (Lipinski definition) is 4. The molecule has 5 heteroatoms. The normalized spacial score (nSPS) is 35.8. The van der Waals surface area contributed by atoms with Crippen LogP contribution in [0.25, 0.3) is 0 Å². The summed E-state index contributed by atoms with van der Waals surface area (Å²) in [6.45, 7) is 8.53. The summed E-state index contributed by atoms with van der Waals surface area (Å²) in [5, 5.41) is 0. The van der Waals surface area contributed by atoms with Gasteiger partial charge in [-0.15, -0.1) is 0 Å². The van der Waals surface area contributed by atoms with E-state index in [-0.39, 0.29) is 6.04 Å². The van der Waals surface area contributed by atoms with Crippen molar-refractivity contribution in [2.45, 2.75) is 50.9 Å². The number of ether oxygens (including phenoxy) is 1. The number of morpholine rings is 1. The Kier molecular flexibility index (Phi) is 4.02. The first-order chi connectivity index (χ1) is 9.59. The quantitative estimate of drug-likeness (QED) is 0.750. The zero-order valence-electron chi connectivity index (χ0n) is 12.9. The maximum atomic E-state index is 12.7. The molecule has 3 atom stereocenters. The lowest BCUT2D eigenvalue weighted by Gasteiger charge is -2.58. The van der Waals surface area contributed by atoms with Crippen molar-refractivity contribution in [3.05, 3.63) is 0 Å². The highest BCUT2D eigenvalue weighted by Gasteiger charge is 2.51. The Bertz CT molecular complexity index is 368. The highest BCUT2D eigenvalue weighted by Crippen LogP contribution is 2.37. The van der Waals surface area contributed by atoms with E-state index in [4.69, 9.17) is 4.74 Å². The monoisotopic (exact) mass is 281 g/mol. The Morgan fingerprint density at radius 1 is 1.15 bits per heavy atom. The van der Waals surface area contributed by atoms with E-state index in [1.54, 1.807) is 0 Å². The zero-order valence-corrected chi connectivity index (χ0v) is 12.9.